The van der Waals surface area contributed by atoms with E-state index in [4.69, 9.17) is 14.2 Å². The van der Waals surface area contributed by atoms with E-state index in [2.05, 4.69) is 6.58 Å². The molecule has 1 rings (SSSR count). The zero-order valence-corrected chi connectivity index (χ0v) is 13.7. The predicted molar refractivity (Wildman–Crippen MR) is 87.0 cm³/mol. The van der Waals surface area contributed by atoms with Crippen LogP contribution in [-0.2, 0) is 20.9 Å². The van der Waals surface area contributed by atoms with E-state index in [1.807, 2.05) is 31.2 Å². The Hall–Kier alpha value is -1.65. The van der Waals surface area contributed by atoms with Crippen molar-refractivity contribution in [1.29, 1.82) is 0 Å². The Morgan fingerprint density at radius 3 is 2.50 bits per heavy atom. The minimum absolute atomic E-state index is 0.0331. The van der Waals surface area contributed by atoms with Crippen LogP contribution in [0, 0.1) is 5.92 Å². The van der Waals surface area contributed by atoms with Crippen LogP contribution in [0.15, 0.2) is 36.4 Å². The number of carbonyl (C=O) groups is 1. The van der Waals surface area contributed by atoms with Gasteiger partial charge in [0.1, 0.15) is 12.0 Å². The van der Waals surface area contributed by atoms with E-state index in [1.54, 1.807) is 14.2 Å². The average Bonchev–Trinajstić information content (AvgIpc) is 2.57. The summed E-state index contributed by atoms with van der Waals surface area (Å²) in [6.07, 6.45) is 2.40. The van der Waals surface area contributed by atoms with Crippen molar-refractivity contribution in [3.63, 3.8) is 0 Å². The van der Waals surface area contributed by atoms with Crippen molar-refractivity contribution in [2.24, 2.45) is 5.92 Å². The Labute approximate surface area is 133 Å². The third-order valence-corrected chi connectivity index (χ3v) is 3.68. The molecule has 1 aromatic carbocycles. The van der Waals surface area contributed by atoms with Gasteiger partial charge in [0.2, 0.25) is 0 Å². The number of hydrogen-bond acceptors (Lipinski definition) is 4. The lowest BCUT2D eigenvalue weighted by atomic mass is 9.97. The van der Waals surface area contributed by atoms with Crippen molar-refractivity contribution in [2.45, 2.75) is 32.5 Å². The second kappa shape index (κ2) is 10.1. The van der Waals surface area contributed by atoms with E-state index < -0.39 is 0 Å². The maximum absolute atomic E-state index is 10.7. The fourth-order valence-corrected chi connectivity index (χ4v) is 2.00. The van der Waals surface area contributed by atoms with Crippen LogP contribution in [0.3, 0.4) is 0 Å². The van der Waals surface area contributed by atoms with Crippen molar-refractivity contribution < 1.29 is 19.0 Å². The molecule has 0 unspecified atom stereocenters. The van der Waals surface area contributed by atoms with Crippen molar-refractivity contribution in [2.75, 3.05) is 20.8 Å². The first-order chi connectivity index (χ1) is 10.6. The van der Waals surface area contributed by atoms with E-state index in [9.17, 15) is 4.79 Å². The summed E-state index contributed by atoms with van der Waals surface area (Å²) in [5.41, 5.74) is 2.01. The molecular weight excluding hydrogens is 280 g/mol. The molecule has 0 saturated carbocycles. The Balaban J connectivity index is 2.28. The van der Waals surface area contributed by atoms with Crippen molar-refractivity contribution in [1.82, 2.24) is 0 Å². The second-order valence-corrected chi connectivity index (χ2v) is 5.33. The van der Waals surface area contributed by atoms with Gasteiger partial charge in [0, 0.05) is 19.6 Å². The zero-order valence-electron chi connectivity index (χ0n) is 13.7. The number of hydrogen-bond donors (Lipinski definition) is 0. The van der Waals surface area contributed by atoms with Crippen LogP contribution in [0.25, 0.3) is 0 Å². The molecule has 0 aliphatic rings. The quantitative estimate of drug-likeness (QED) is 0.357. The molecule has 0 aromatic heterocycles. The van der Waals surface area contributed by atoms with Crippen LogP contribution in [0.4, 0.5) is 0 Å². The smallest absolute Gasteiger partial charge is 0.126 e. The highest BCUT2D eigenvalue weighted by Gasteiger charge is 2.13. The van der Waals surface area contributed by atoms with E-state index in [1.165, 1.54) is 0 Å². The molecule has 0 heterocycles. The Kier molecular flexibility index (Phi) is 8.48. The van der Waals surface area contributed by atoms with Crippen LogP contribution in [0.1, 0.15) is 25.3 Å². The Morgan fingerprint density at radius 2 is 1.95 bits per heavy atom. The number of rotatable bonds is 11. The standard InChI is InChI=1S/C18H26O4/c1-14(15(2)12-19)11-18(21-4)9-10-22-13-16-5-7-17(20-3)8-6-16/h5-8,12,15,18H,1,9-11,13H2,2-4H3/t15-,18+/m0/s1. The third kappa shape index (κ3) is 6.41. The van der Waals surface area contributed by atoms with Crippen LogP contribution in [0.2, 0.25) is 0 Å². The third-order valence-electron chi connectivity index (χ3n) is 3.68. The normalized spacial score (nSPS) is 13.4. The predicted octanol–water partition coefficient (Wildman–Crippen LogP) is 3.40. The van der Waals surface area contributed by atoms with Gasteiger partial charge in [-0.25, -0.2) is 0 Å². The fraction of sp³-hybridized carbons (Fsp3) is 0.500. The average molecular weight is 306 g/mol. The summed E-state index contributed by atoms with van der Waals surface area (Å²) < 4.78 is 16.2. The van der Waals surface area contributed by atoms with Gasteiger partial charge in [-0.2, -0.15) is 0 Å². The minimum Gasteiger partial charge on any atom is -0.497 e. The molecular formula is C18H26O4. The van der Waals surface area contributed by atoms with Crippen LogP contribution < -0.4 is 4.74 Å². The topological polar surface area (TPSA) is 44.8 Å². The van der Waals surface area contributed by atoms with E-state index >= 15 is 0 Å². The van der Waals surface area contributed by atoms with Gasteiger partial charge in [0.15, 0.2) is 0 Å². The largest absolute Gasteiger partial charge is 0.497 e. The van der Waals surface area contributed by atoms with Gasteiger partial charge < -0.3 is 19.0 Å². The number of benzene rings is 1. The van der Waals surface area contributed by atoms with Gasteiger partial charge in [-0.05, 0) is 30.5 Å². The van der Waals surface area contributed by atoms with Crippen LogP contribution >= 0.6 is 0 Å². The van der Waals surface area contributed by atoms with Gasteiger partial charge >= 0.3 is 0 Å². The highest BCUT2D eigenvalue weighted by molar-refractivity contribution is 5.57. The Morgan fingerprint density at radius 1 is 1.27 bits per heavy atom. The number of carbonyl (C=O) groups excluding carboxylic acids is 1. The first kappa shape index (κ1) is 18.4. The summed E-state index contributed by atoms with van der Waals surface area (Å²) in [5, 5.41) is 0. The van der Waals surface area contributed by atoms with Crippen LogP contribution in [0.5, 0.6) is 5.75 Å². The molecule has 0 fully saturated rings. The highest BCUT2D eigenvalue weighted by atomic mass is 16.5. The molecule has 1 aromatic rings. The summed E-state index contributed by atoms with van der Waals surface area (Å²) in [6.45, 7) is 6.96. The maximum Gasteiger partial charge on any atom is 0.126 e. The number of ether oxygens (including phenoxy) is 3. The summed E-state index contributed by atoms with van der Waals surface area (Å²) in [5.74, 6) is 0.712. The second-order valence-electron chi connectivity index (χ2n) is 5.33. The number of methoxy groups -OCH3 is 2. The molecule has 0 bridgehead atoms. The van der Waals surface area contributed by atoms with Gasteiger partial charge in [-0.15, -0.1) is 0 Å². The van der Waals surface area contributed by atoms with E-state index in [0.717, 1.165) is 29.6 Å². The van der Waals surface area contributed by atoms with E-state index in [-0.39, 0.29) is 12.0 Å². The van der Waals surface area contributed by atoms with Crippen LogP contribution in [-0.4, -0.2) is 33.2 Å². The summed E-state index contributed by atoms with van der Waals surface area (Å²) in [4.78, 5) is 10.7. The summed E-state index contributed by atoms with van der Waals surface area (Å²) >= 11 is 0. The molecule has 0 saturated heterocycles. The molecule has 4 heteroatoms. The van der Waals surface area contributed by atoms with Gasteiger partial charge in [-0.3, -0.25) is 0 Å². The fourth-order valence-electron chi connectivity index (χ4n) is 2.00. The SMILES string of the molecule is C=C(C[C@@H](CCOCc1ccc(OC)cc1)OC)[C@@H](C)C=O. The first-order valence-corrected chi connectivity index (χ1v) is 7.47. The molecule has 122 valence electrons. The molecule has 22 heavy (non-hydrogen) atoms. The molecule has 0 N–H and O–H groups in total. The summed E-state index contributed by atoms with van der Waals surface area (Å²) in [6, 6.07) is 7.81. The van der Waals surface area contributed by atoms with Crippen molar-refractivity contribution in [3.8, 4) is 5.75 Å². The van der Waals surface area contributed by atoms with E-state index in [0.29, 0.717) is 19.6 Å². The monoisotopic (exact) mass is 306 g/mol. The first-order valence-electron chi connectivity index (χ1n) is 7.47. The molecule has 2 atom stereocenters. The maximum atomic E-state index is 10.7. The highest BCUT2D eigenvalue weighted by Crippen LogP contribution is 2.17. The van der Waals surface area contributed by atoms with Gasteiger partial charge in [0.25, 0.3) is 0 Å². The Bertz CT molecular complexity index is 453. The van der Waals surface area contributed by atoms with Gasteiger partial charge in [-0.1, -0.05) is 31.2 Å². The van der Waals surface area contributed by atoms with Gasteiger partial charge in [0.05, 0.1) is 19.8 Å². The molecule has 0 aliphatic carbocycles. The molecule has 0 radical (unpaired) electrons. The lowest BCUT2D eigenvalue weighted by Crippen LogP contribution is -2.16. The molecule has 0 aliphatic heterocycles. The van der Waals surface area contributed by atoms with Crippen molar-refractivity contribution in [3.05, 3.63) is 42.0 Å². The number of aldehydes is 1. The minimum atomic E-state index is -0.127. The zero-order chi connectivity index (χ0) is 16.4. The lowest BCUT2D eigenvalue weighted by Gasteiger charge is -2.18. The van der Waals surface area contributed by atoms with Crippen molar-refractivity contribution >= 4 is 6.29 Å². The lowest BCUT2D eigenvalue weighted by molar-refractivity contribution is -0.109. The summed E-state index contributed by atoms with van der Waals surface area (Å²) in [7, 11) is 3.32. The molecule has 4 nitrogen and oxygen atoms in total. The molecule has 0 amide bonds. The molecule has 0 spiro atoms.